The van der Waals surface area contributed by atoms with E-state index >= 15 is 0 Å². The Balaban J connectivity index is 1.56. The molecule has 2 aromatic carbocycles. The van der Waals surface area contributed by atoms with Crippen LogP contribution in [0.4, 0.5) is 10.1 Å². The van der Waals surface area contributed by atoms with Crippen LogP contribution in [-0.4, -0.2) is 24.5 Å². The van der Waals surface area contributed by atoms with E-state index in [1.54, 1.807) is 60.6 Å². The van der Waals surface area contributed by atoms with Crippen molar-refractivity contribution in [1.29, 1.82) is 0 Å². The van der Waals surface area contributed by atoms with Crippen molar-refractivity contribution in [2.24, 2.45) is 5.92 Å². The Kier molecular flexibility index (Phi) is 5.24. The lowest BCUT2D eigenvalue weighted by Crippen LogP contribution is -2.41. The van der Waals surface area contributed by atoms with Crippen LogP contribution in [0.1, 0.15) is 40.7 Å². The molecule has 4 unspecified atom stereocenters. The predicted octanol–water partition coefficient (Wildman–Crippen LogP) is 3.52. The van der Waals surface area contributed by atoms with Crippen molar-refractivity contribution in [1.82, 2.24) is 10.9 Å². The molecule has 4 atom stereocenters. The minimum absolute atomic E-state index is 0.116. The van der Waals surface area contributed by atoms with Crippen LogP contribution in [0.5, 0.6) is 0 Å². The Hall–Kier alpha value is -3.49. The standard InChI is InChI=1S/C24H22FN3O4/c1-2-31-24(30)15-7-11-17(12-8-15)28-22(14-5-9-16(25)10-6-14)19-20(18-4-3-13-32-18)26-27-21(19)23(28)29/h3-13,19-22,26-27H,2H2,1H3. The largest absolute Gasteiger partial charge is 0.468 e. The van der Waals surface area contributed by atoms with Crippen molar-refractivity contribution < 1.29 is 23.1 Å². The van der Waals surface area contributed by atoms with Gasteiger partial charge in [-0.05, 0) is 61.0 Å². The summed E-state index contributed by atoms with van der Waals surface area (Å²) in [7, 11) is 0. The van der Waals surface area contributed by atoms with E-state index in [1.807, 2.05) is 6.07 Å². The van der Waals surface area contributed by atoms with Gasteiger partial charge in [-0.2, -0.15) is 0 Å². The van der Waals surface area contributed by atoms with E-state index in [-0.39, 0.29) is 36.3 Å². The third-order valence-electron chi connectivity index (χ3n) is 6.03. The van der Waals surface area contributed by atoms with Gasteiger partial charge in [-0.3, -0.25) is 4.79 Å². The van der Waals surface area contributed by atoms with Crippen molar-refractivity contribution >= 4 is 17.6 Å². The summed E-state index contributed by atoms with van der Waals surface area (Å²) < 4.78 is 24.3. The first kappa shape index (κ1) is 20.4. The van der Waals surface area contributed by atoms with Gasteiger partial charge in [0.25, 0.3) is 0 Å². The van der Waals surface area contributed by atoms with Crippen LogP contribution >= 0.6 is 0 Å². The number of fused-ring (bicyclic) bond motifs is 1. The number of hydrazine groups is 1. The number of nitrogens with zero attached hydrogens (tertiary/aromatic N) is 1. The topological polar surface area (TPSA) is 83.8 Å². The predicted molar refractivity (Wildman–Crippen MR) is 114 cm³/mol. The lowest BCUT2D eigenvalue weighted by molar-refractivity contribution is -0.119. The number of hydrogen-bond acceptors (Lipinski definition) is 6. The van der Waals surface area contributed by atoms with Crippen molar-refractivity contribution in [3.8, 4) is 0 Å². The van der Waals surface area contributed by atoms with Crippen molar-refractivity contribution in [2.45, 2.75) is 25.0 Å². The van der Waals surface area contributed by atoms with Gasteiger partial charge in [0, 0.05) is 11.6 Å². The Morgan fingerprint density at radius 1 is 1.06 bits per heavy atom. The van der Waals surface area contributed by atoms with E-state index < -0.39 is 12.0 Å². The van der Waals surface area contributed by atoms with Crippen LogP contribution in [-0.2, 0) is 9.53 Å². The number of rotatable bonds is 5. The molecule has 8 heteroatoms. The molecule has 0 saturated carbocycles. The Bertz CT molecular complexity index is 1120. The molecular weight excluding hydrogens is 413 g/mol. The maximum absolute atomic E-state index is 13.7. The average molecular weight is 435 g/mol. The highest BCUT2D eigenvalue weighted by atomic mass is 19.1. The number of ether oxygens (including phenoxy) is 1. The summed E-state index contributed by atoms with van der Waals surface area (Å²) in [4.78, 5) is 27.2. The summed E-state index contributed by atoms with van der Waals surface area (Å²) in [5.41, 5.74) is 8.17. The van der Waals surface area contributed by atoms with Crippen LogP contribution in [0, 0.1) is 11.7 Å². The molecule has 32 heavy (non-hydrogen) atoms. The Labute approximate surface area is 184 Å². The molecule has 1 amide bonds. The molecule has 2 fully saturated rings. The second kappa shape index (κ2) is 8.22. The summed E-state index contributed by atoms with van der Waals surface area (Å²) in [5.74, 6) is -0.365. The molecule has 5 rings (SSSR count). The average Bonchev–Trinajstić information content (AvgIpc) is 3.53. The van der Waals surface area contributed by atoms with E-state index in [4.69, 9.17) is 9.15 Å². The van der Waals surface area contributed by atoms with Crippen LogP contribution in [0.15, 0.2) is 71.3 Å². The minimum Gasteiger partial charge on any atom is -0.468 e. The highest BCUT2D eigenvalue weighted by Gasteiger charge is 2.56. The van der Waals surface area contributed by atoms with Gasteiger partial charge in [-0.1, -0.05) is 12.1 Å². The SMILES string of the molecule is CCOC(=O)c1ccc(N2C(=O)C3NNC(c4ccco4)C3C2c2ccc(F)cc2)cc1. The van der Waals surface area contributed by atoms with Gasteiger partial charge in [-0.25, -0.2) is 20.0 Å². The van der Waals surface area contributed by atoms with Gasteiger partial charge in [0.1, 0.15) is 17.6 Å². The van der Waals surface area contributed by atoms with Crippen LogP contribution in [0.25, 0.3) is 0 Å². The quantitative estimate of drug-likeness (QED) is 0.597. The molecule has 1 aromatic heterocycles. The number of carbonyl (C=O) groups is 2. The molecule has 0 aliphatic carbocycles. The van der Waals surface area contributed by atoms with Gasteiger partial charge in [0.05, 0.1) is 30.5 Å². The normalized spacial score (nSPS) is 24.6. The summed E-state index contributed by atoms with van der Waals surface area (Å²) in [6.45, 7) is 2.03. The Morgan fingerprint density at radius 2 is 1.78 bits per heavy atom. The molecule has 2 saturated heterocycles. The number of benzene rings is 2. The maximum atomic E-state index is 13.7. The molecule has 0 radical (unpaired) electrons. The van der Waals surface area contributed by atoms with Gasteiger partial charge >= 0.3 is 5.97 Å². The van der Waals surface area contributed by atoms with Gasteiger partial charge in [0.2, 0.25) is 5.91 Å². The first-order valence-electron chi connectivity index (χ1n) is 10.5. The number of hydrogen-bond donors (Lipinski definition) is 2. The van der Waals surface area contributed by atoms with Crippen LogP contribution in [0.3, 0.4) is 0 Å². The van der Waals surface area contributed by atoms with E-state index in [0.29, 0.717) is 17.0 Å². The van der Waals surface area contributed by atoms with Gasteiger partial charge < -0.3 is 14.1 Å². The molecule has 0 bridgehead atoms. The summed E-state index contributed by atoms with van der Waals surface area (Å²) in [6.07, 6.45) is 1.60. The number of esters is 1. The number of carbonyl (C=O) groups excluding carboxylic acids is 2. The summed E-state index contributed by atoms with van der Waals surface area (Å²) in [6, 6.07) is 15.5. The van der Waals surface area contributed by atoms with E-state index in [9.17, 15) is 14.0 Å². The number of amides is 1. The lowest BCUT2D eigenvalue weighted by Gasteiger charge is -2.30. The highest BCUT2D eigenvalue weighted by Crippen LogP contribution is 2.48. The van der Waals surface area contributed by atoms with Crippen LogP contribution in [0.2, 0.25) is 0 Å². The van der Waals surface area contributed by atoms with Crippen molar-refractivity contribution in [2.75, 3.05) is 11.5 Å². The summed E-state index contributed by atoms with van der Waals surface area (Å²) in [5, 5.41) is 0. The lowest BCUT2D eigenvalue weighted by atomic mass is 9.85. The maximum Gasteiger partial charge on any atom is 0.338 e. The zero-order valence-electron chi connectivity index (χ0n) is 17.3. The molecular formula is C24H22FN3O4. The van der Waals surface area contributed by atoms with Gasteiger partial charge in [0.15, 0.2) is 0 Å². The number of anilines is 1. The molecule has 2 aliphatic heterocycles. The number of halogens is 1. The first-order valence-corrected chi connectivity index (χ1v) is 10.5. The minimum atomic E-state index is -0.495. The third-order valence-corrected chi connectivity index (χ3v) is 6.03. The Morgan fingerprint density at radius 3 is 2.44 bits per heavy atom. The summed E-state index contributed by atoms with van der Waals surface area (Å²) >= 11 is 0. The molecule has 0 spiro atoms. The van der Waals surface area contributed by atoms with E-state index in [1.165, 1.54) is 12.1 Å². The first-order chi connectivity index (χ1) is 15.6. The number of nitrogens with one attached hydrogen (secondary N) is 2. The highest BCUT2D eigenvalue weighted by molar-refractivity contribution is 6.01. The van der Waals surface area contributed by atoms with Crippen molar-refractivity contribution in [3.63, 3.8) is 0 Å². The zero-order chi connectivity index (χ0) is 22.2. The molecule has 164 valence electrons. The second-order valence-electron chi connectivity index (χ2n) is 7.81. The van der Waals surface area contributed by atoms with Crippen LogP contribution < -0.4 is 15.8 Å². The molecule has 2 aliphatic rings. The smallest absolute Gasteiger partial charge is 0.338 e. The van der Waals surface area contributed by atoms with Crippen molar-refractivity contribution in [3.05, 3.63) is 89.6 Å². The fourth-order valence-corrected chi connectivity index (χ4v) is 4.64. The second-order valence-corrected chi connectivity index (χ2v) is 7.81. The monoisotopic (exact) mass is 435 g/mol. The molecule has 7 nitrogen and oxygen atoms in total. The third kappa shape index (κ3) is 3.37. The molecule has 3 aromatic rings. The van der Waals surface area contributed by atoms with Gasteiger partial charge in [-0.15, -0.1) is 0 Å². The molecule has 3 heterocycles. The molecule has 2 N–H and O–H groups in total. The number of furan rings is 1. The zero-order valence-corrected chi connectivity index (χ0v) is 17.3. The van der Waals surface area contributed by atoms with E-state index in [0.717, 1.165) is 5.56 Å². The fraction of sp³-hybridized carbons (Fsp3) is 0.250. The van der Waals surface area contributed by atoms with E-state index in [2.05, 4.69) is 10.9 Å². The fourth-order valence-electron chi connectivity index (χ4n) is 4.64.